The Morgan fingerprint density at radius 1 is 0.362 bits per heavy atom. The molecule has 0 fully saturated rings. The molecule has 28 nitrogen and oxygen atoms in total. The first-order valence-electron chi connectivity index (χ1n) is 27.3. The molecule has 2 amide bonds. The van der Waals surface area contributed by atoms with Crippen molar-refractivity contribution in [3.8, 4) is 0 Å². The van der Waals surface area contributed by atoms with Gasteiger partial charge in [0.2, 0.25) is 0 Å². The fourth-order valence-electron chi connectivity index (χ4n) is 5.93. The van der Waals surface area contributed by atoms with E-state index < -0.39 is 36.1 Å². The molecule has 0 aliphatic rings. The van der Waals surface area contributed by atoms with Crippen LogP contribution in [0.5, 0.6) is 0 Å². The zero-order valence-corrected chi connectivity index (χ0v) is 49.5. The van der Waals surface area contributed by atoms with E-state index >= 15 is 0 Å². The molecule has 0 aliphatic heterocycles. The maximum atomic E-state index is 13.3. The average molecular weight is 1180 g/mol. The van der Waals surface area contributed by atoms with Crippen LogP contribution >= 0.6 is 9.39 Å². The molecule has 2 unspecified atom stereocenters. The van der Waals surface area contributed by atoms with Gasteiger partial charge < -0.3 is 66.3 Å². The minimum absolute atomic E-state index is 0.0184. The van der Waals surface area contributed by atoms with Crippen molar-refractivity contribution < 1.29 is 119 Å². The van der Waals surface area contributed by atoms with E-state index in [2.05, 4.69) is 24.7 Å². The van der Waals surface area contributed by atoms with Crippen LogP contribution in [0.25, 0.3) is 0 Å². The summed E-state index contributed by atoms with van der Waals surface area (Å²) in [7, 11) is 9.64. The van der Waals surface area contributed by atoms with E-state index in [1.807, 2.05) is 0 Å². The molecule has 0 aliphatic carbocycles. The van der Waals surface area contributed by atoms with Gasteiger partial charge in [-0.1, -0.05) is 0 Å². The Balaban J connectivity index is 5.06. The number of carbonyl (C=O) groups excluding carboxylic acids is 3. The van der Waals surface area contributed by atoms with Crippen LogP contribution in [0.1, 0.15) is 19.3 Å². The summed E-state index contributed by atoms with van der Waals surface area (Å²) in [5.74, 6) is 0. The van der Waals surface area contributed by atoms with Crippen molar-refractivity contribution in [2.24, 2.45) is 4.67 Å². The Morgan fingerprint density at radius 2 is 0.613 bits per heavy atom. The number of methoxy groups -OCH3 is 4. The van der Waals surface area contributed by atoms with Crippen LogP contribution in [-0.2, 0) is 109 Å². The van der Waals surface area contributed by atoms with E-state index in [1.165, 1.54) is 0 Å². The van der Waals surface area contributed by atoms with Crippen molar-refractivity contribution >= 4 is 34.3 Å². The standard InChI is InChI=1S/C50H99BN3O25P/c1-58-9-13-62-17-21-66-25-29-70-33-37-74-41-45(42-75-38-34-71-30-26-67-22-18-63-14-10-59-2)78-49(56)52-8-6-5-7-47(48(55)51-54-80)53-50(57)79-46(43-76-39-35-72-31-27-68-23-19-64-15-11-60-3)44-77-40-36-73-32-28-69-24-20-65-16-12-61-4/h45-47H,5-44,80H2,1-4H3,(H,52,56)(H,53,57). The van der Waals surface area contributed by atoms with Gasteiger partial charge in [0.25, 0.3) is 0 Å². The van der Waals surface area contributed by atoms with Gasteiger partial charge in [0, 0.05) is 28.4 Å². The van der Waals surface area contributed by atoms with Crippen molar-refractivity contribution in [2.45, 2.75) is 37.5 Å². The number of amides is 2. The first-order valence-corrected chi connectivity index (χ1v) is 27.8. The van der Waals surface area contributed by atoms with Gasteiger partial charge >= 0.3 is 212 Å². The third kappa shape index (κ3) is 58.9. The van der Waals surface area contributed by atoms with E-state index in [1.54, 1.807) is 28.4 Å². The summed E-state index contributed by atoms with van der Waals surface area (Å²) in [5, 5.41) is 5.37. The topological polar surface area (TPSA) is 291 Å². The maximum absolute atomic E-state index is 13.3. The van der Waals surface area contributed by atoms with Gasteiger partial charge in [0.15, 0.2) is 0 Å². The van der Waals surface area contributed by atoms with Crippen molar-refractivity contribution in [3.63, 3.8) is 0 Å². The molecule has 30 heteroatoms. The fourth-order valence-corrected chi connectivity index (χ4v) is 6.08. The number of ether oxygens (including phenoxy) is 22. The SMILES string of the molecule is COCCOCCOCCOCCOCC(COCCOCCOCCOCCOC)OC(=O)NCCCCC(NC(=O)OC(COCCOCCOCCOCCOC)COCCOCCOCCOCCOC)C(=O)/B=N/P. The van der Waals surface area contributed by atoms with Gasteiger partial charge in [0.05, 0.1) is 172 Å². The Kier molecular flexibility index (Phi) is 64.0. The molecular formula is C50H99BN3O25P. The van der Waals surface area contributed by atoms with Crippen molar-refractivity contribution in [3.05, 3.63) is 0 Å². The average Bonchev–Trinajstić information content (AvgIpc) is 3.45. The van der Waals surface area contributed by atoms with Crippen LogP contribution in [0.15, 0.2) is 4.67 Å². The van der Waals surface area contributed by atoms with Crippen molar-refractivity contribution in [2.75, 3.05) is 273 Å². The summed E-state index contributed by atoms with van der Waals surface area (Å²) in [5.41, 5.74) is -0.452. The van der Waals surface area contributed by atoms with Gasteiger partial charge in [-0.2, -0.15) is 0 Å². The van der Waals surface area contributed by atoms with E-state index in [0.29, 0.717) is 185 Å². The van der Waals surface area contributed by atoms with Crippen molar-refractivity contribution in [1.82, 2.24) is 10.6 Å². The van der Waals surface area contributed by atoms with E-state index in [9.17, 15) is 14.4 Å². The molecule has 0 saturated heterocycles. The van der Waals surface area contributed by atoms with E-state index in [-0.39, 0.29) is 79.0 Å². The zero-order chi connectivity index (χ0) is 58.1. The molecule has 80 heavy (non-hydrogen) atoms. The molecule has 2 N–H and O–H groups in total. The second kappa shape index (κ2) is 65.9. The number of carbonyl (C=O) groups is 3. The normalized spacial score (nSPS) is 12.0. The summed E-state index contributed by atoms with van der Waals surface area (Å²) >= 11 is 0. The molecule has 0 saturated carbocycles. The molecule has 0 bridgehead atoms. The molecule has 0 aromatic rings. The number of hydrogen-bond donors (Lipinski definition) is 2. The van der Waals surface area contributed by atoms with E-state index in [4.69, 9.17) is 104 Å². The van der Waals surface area contributed by atoms with Gasteiger partial charge in [-0.25, -0.2) is 0 Å². The Morgan fingerprint density at radius 3 is 0.875 bits per heavy atom. The number of unbranched alkanes of at least 4 members (excludes halogenated alkanes) is 1. The predicted octanol–water partition coefficient (Wildman–Crippen LogP) is 0.771. The van der Waals surface area contributed by atoms with Crippen LogP contribution < -0.4 is 10.6 Å². The summed E-state index contributed by atoms with van der Waals surface area (Å²) in [6.07, 6.45) is -2.07. The first-order chi connectivity index (χ1) is 39.4. The zero-order valence-electron chi connectivity index (χ0n) is 48.3. The van der Waals surface area contributed by atoms with Crippen LogP contribution in [0.2, 0.25) is 0 Å². The molecule has 0 radical (unpaired) electrons. The first kappa shape index (κ1) is 77.7. The van der Waals surface area contributed by atoms with Crippen molar-refractivity contribution in [1.29, 1.82) is 0 Å². The second-order valence-corrected chi connectivity index (χ2v) is 16.8. The predicted molar refractivity (Wildman–Crippen MR) is 293 cm³/mol. The molecule has 2 atom stereocenters. The molecule has 0 aromatic carbocycles. The van der Waals surface area contributed by atoms with E-state index in [0.717, 1.165) is 7.07 Å². The molecule has 0 aromatic heterocycles. The minimum atomic E-state index is -0.982. The van der Waals surface area contributed by atoms with Crippen LogP contribution in [0, 0.1) is 0 Å². The molecular weight excluding hydrogens is 1080 g/mol. The summed E-state index contributed by atoms with van der Waals surface area (Å²) in [4.78, 5) is 39.2. The Labute approximate surface area is 477 Å². The number of alkyl carbamates (subject to hydrolysis) is 2. The number of hydrogen-bond acceptors (Lipinski definition) is 26. The van der Waals surface area contributed by atoms with Crippen LogP contribution in [0.3, 0.4) is 0 Å². The number of rotatable bonds is 66. The quantitative estimate of drug-likeness (QED) is 0.0483. The monoisotopic (exact) mass is 1180 g/mol. The summed E-state index contributed by atoms with van der Waals surface area (Å²) in [6.45, 7) is 13.0. The second-order valence-electron chi connectivity index (χ2n) is 16.5. The summed E-state index contributed by atoms with van der Waals surface area (Å²) in [6, 6.07) is -0.982. The molecule has 472 valence electrons. The number of nitrogens with zero attached hydrogens (tertiary/aromatic N) is 1. The fraction of sp³-hybridized carbons (Fsp3) is 0.940. The van der Waals surface area contributed by atoms with Gasteiger partial charge in [-0.15, -0.1) is 0 Å². The van der Waals surface area contributed by atoms with Gasteiger partial charge in [0.1, 0.15) is 0 Å². The Hall–Kier alpha value is -2.30. The molecule has 0 heterocycles. The Bertz CT molecular complexity index is 1290. The van der Waals surface area contributed by atoms with Crippen LogP contribution in [0.4, 0.5) is 9.59 Å². The number of nitrogens with one attached hydrogen (secondary N) is 2. The third-order valence-corrected chi connectivity index (χ3v) is 10.1. The van der Waals surface area contributed by atoms with Gasteiger partial charge in [-0.3, -0.25) is 0 Å². The van der Waals surface area contributed by atoms with Gasteiger partial charge in [-0.05, 0) is 0 Å². The molecule has 0 rings (SSSR count). The summed E-state index contributed by atoms with van der Waals surface area (Å²) < 4.78 is 124. The third-order valence-electron chi connectivity index (χ3n) is 9.98. The molecule has 0 spiro atoms. The van der Waals surface area contributed by atoms with Crippen LogP contribution in [-0.4, -0.2) is 316 Å².